The van der Waals surface area contributed by atoms with Gasteiger partial charge in [-0.15, -0.1) is 0 Å². The zero-order valence-electron chi connectivity index (χ0n) is 17.0. The second-order valence-corrected chi connectivity index (χ2v) is 8.14. The lowest BCUT2D eigenvalue weighted by Gasteiger charge is -2.35. The molecule has 30 heavy (non-hydrogen) atoms. The molecule has 1 aliphatic heterocycles. The van der Waals surface area contributed by atoms with Gasteiger partial charge in [0.15, 0.2) is 0 Å². The zero-order chi connectivity index (χ0) is 20.5. The molecule has 0 bridgehead atoms. The molecule has 0 aliphatic carbocycles. The molecular weight excluding hydrogens is 372 g/mol. The maximum atomic E-state index is 10.7. The number of aromatic hydroxyl groups is 2. The van der Waals surface area contributed by atoms with E-state index >= 15 is 0 Å². The number of fused-ring (bicyclic) bond motifs is 2. The van der Waals surface area contributed by atoms with Crippen LogP contribution in [0.15, 0.2) is 72.8 Å². The Morgan fingerprint density at radius 3 is 1.37 bits per heavy atom. The lowest BCUT2D eigenvalue weighted by molar-refractivity contribution is 0.120. The maximum Gasteiger partial charge on any atom is 0.127 e. The normalized spacial score (nSPS) is 15.7. The molecule has 4 aromatic carbocycles. The van der Waals surface area contributed by atoms with Crippen molar-refractivity contribution in [2.75, 3.05) is 26.2 Å². The van der Waals surface area contributed by atoms with Crippen LogP contribution in [0.5, 0.6) is 11.5 Å². The summed E-state index contributed by atoms with van der Waals surface area (Å²) in [4.78, 5) is 4.78. The number of benzene rings is 4. The fourth-order valence-corrected chi connectivity index (χ4v) is 4.44. The van der Waals surface area contributed by atoms with Crippen LogP contribution in [0.3, 0.4) is 0 Å². The van der Waals surface area contributed by atoms with Crippen LogP contribution in [0.1, 0.15) is 11.1 Å². The minimum atomic E-state index is 0.400. The van der Waals surface area contributed by atoms with E-state index in [0.717, 1.165) is 71.9 Å². The van der Waals surface area contributed by atoms with E-state index in [1.54, 1.807) is 0 Å². The van der Waals surface area contributed by atoms with Crippen molar-refractivity contribution in [2.45, 2.75) is 13.1 Å². The third-order valence-corrected chi connectivity index (χ3v) is 6.22. The molecule has 4 heteroatoms. The molecule has 0 saturated carbocycles. The van der Waals surface area contributed by atoms with Crippen molar-refractivity contribution in [1.29, 1.82) is 0 Å². The van der Waals surface area contributed by atoms with E-state index in [1.807, 2.05) is 60.7 Å². The second kappa shape index (κ2) is 7.98. The van der Waals surface area contributed by atoms with E-state index in [9.17, 15) is 10.2 Å². The molecule has 152 valence electrons. The smallest absolute Gasteiger partial charge is 0.127 e. The lowest BCUT2D eigenvalue weighted by Crippen LogP contribution is -2.45. The molecule has 0 aromatic heterocycles. The monoisotopic (exact) mass is 398 g/mol. The average Bonchev–Trinajstić information content (AvgIpc) is 2.79. The van der Waals surface area contributed by atoms with Crippen molar-refractivity contribution >= 4 is 21.5 Å². The lowest BCUT2D eigenvalue weighted by atomic mass is 10.0. The van der Waals surface area contributed by atoms with Crippen molar-refractivity contribution in [3.05, 3.63) is 83.9 Å². The van der Waals surface area contributed by atoms with Gasteiger partial charge in [-0.05, 0) is 10.8 Å². The fourth-order valence-electron chi connectivity index (χ4n) is 4.44. The predicted octanol–water partition coefficient (Wildman–Crippen LogP) is 4.72. The molecule has 1 saturated heterocycles. The minimum Gasteiger partial charge on any atom is -0.507 e. The Morgan fingerprint density at radius 2 is 0.933 bits per heavy atom. The topological polar surface area (TPSA) is 46.9 Å². The van der Waals surface area contributed by atoms with Gasteiger partial charge in [-0.2, -0.15) is 0 Å². The number of rotatable bonds is 4. The molecule has 0 unspecified atom stereocenters. The molecule has 4 nitrogen and oxygen atoms in total. The van der Waals surface area contributed by atoms with Crippen molar-refractivity contribution < 1.29 is 10.2 Å². The molecule has 0 atom stereocenters. The van der Waals surface area contributed by atoms with Gasteiger partial charge in [0.2, 0.25) is 0 Å². The Hall–Kier alpha value is -3.08. The Bertz CT molecular complexity index is 1100. The summed E-state index contributed by atoms with van der Waals surface area (Å²) in [6.45, 7) is 5.29. The van der Waals surface area contributed by atoms with Gasteiger partial charge in [0.1, 0.15) is 11.5 Å². The van der Waals surface area contributed by atoms with E-state index in [0.29, 0.717) is 11.5 Å². The Balaban J connectivity index is 1.24. The first-order chi connectivity index (χ1) is 14.7. The molecule has 0 amide bonds. The number of nitrogens with zero attached hydrogens (tertiary/aromatic N) is 2. The first kappa shape index (κ1) is 18.9. The number of phenolic OH excluding ortho intramolecular Hbond substituents is 2. The third-order valence-electron chi connectivity index (χ3n) is 6.22. The molecule has 1 fully saturated rings. The maximum absolute atomic E-state index is 10.7. The molecule has 2 N–H and O–H groups in total. The van der Waals surface area contributed by atoms with Gasteiger partial charge < -0.3 is 10.2 Å². The minimum absolute atomic E-state index is 0.400. The summed E-state index contributed by atoms with van der Waals surface area (Å²) < 4.78 is 0. The van der Waals surface area contributed by atoms with Crippen LogP contribution in [0.25, 0.3) is 21.5 Å². The summed E-state index contributed by atoms with van der Waals surface area (Å²) in [5.41, 5.74) is 1.96. The first-order valence-corrected chi connectivity index (χ1v) is 10.5. The zero-order valence-corrected chi connectivity index (χ0v) is 17.0. The standard InChI is InChI=1S/C26H26N2O2/c29-25-21(11-9-19-5-1-3-7-23(19)25)17-27-13-15-28(16-14-27)18-22-12-10-20-6-2-4-8-24(20)26(22)30/h1-12,29-30H,13-18H2. The highest BCUT2D eigenvalue weighted by Crippen LogP contribution is 2.31. The predicted molar refractivity (Wildman–Crippen MR) is 122 cm³/mol. The van der Waals surface area contributed by atoms with E-state index in [4.69, 9.17) is 0 Å². The van der Waals surface area contributed by atoms with E-state index in [2.05, 4.69) is 21.9 Å². The van der Waals surface area contributed by atoms with Crippen LogP contribution < -0.4 is 0 Å². The van der Waals surface area contributed by atoms with Crippen LogP contribution in [0.2, 0.25) is 0 Å². The SMILES string of the molecule is Oc1c(CN2CCN(Cc3ccc4ccccc4c3O)CC2)ccc2ccccc12. The molecule has 5 rings (SSSR count). The molecule has 0 spiro atoms. The fraction of sp³-hybridized carbons (Fsp3) is 0.231. The van der Waals surface area contributed by atoms with Crippen molar-refractivity contribution in [1.82, 2.24) is 9.80 Å². The highest BCUT2D eigenvalue weighted by molar-refractivity contribution is 5.90. The Morgan fingerprint density at radius 1 is 0.533 bits per heavy atom. The molecule has 1 aliphatic rings. The molecular formula is C26H26N2O2. The van der Waals surface area contributed by atoms with Gasteiger partial charge >= 0.3 is 0 Å². The summed E-state index contributed by atoms with van der Waals surface area (Å²) in [7, 11) is 0. The van der Waals surface area contributed by atoms with Crippen molar-refractivity contribution in [2.24, 2.45) is 0 Å². The van der Waals surface area contributed by atoms with Crippen LogP contribution in [0.4, 0.5) is 0 Å². The van der Waals surface area contributed by atoms with Gasteiger partial charge in [-0.3, -0.25) is 9.80 Å². The quantitative estimate of drug-likeness (QED) is 0.522. The van der Waals surface area contributed by atoms with Gasteiger partial charge in [0.25, 0.3) is 0 Å². The molecule has 0 radical (unpaired) electrons. The van der Waals surface area contributed by atoms with Crippen molar-refractivity contribution in [3.63, 3.8) is 0 Å². The number of hydrogen-bond acceptors (Lipinski definition) is 4. The summed E-state index contributed by atoms with van der Waals surface area (Å²) in [6.07, 6.45) is 0. The van der Waals surface area contributed by atoms with Crippen LogP contribution >= 0.6 is 0 Å². The molecule has 4 aromatic rings. The average molecular weight is 399 g/mol. The Kier molecular flexibility index (Phi) is 5.03. The van der Waals surface area contributed by atoms with Crippen LogP contribution in [-0.4, -0.2) is 46.2 Å². The van der Waals surface area contributed by atoms with Gasteiger partial charge in [-0.1, -0.05) is 72.8 Å². The van der Waals surface area contributed by atoms with Gasteiger partial charge in [0, 0.05) is 61.2 Å². The highest BCUT2D eigenvalue weighted by atomic mass is 16.3. The van der Waals surface area contributed by atoms with Gasteiger partial charge in [-0.25, -0.2) is 0 Å². The van der Waals surface area contributed by atoms with E-state index in [-0.39, 0.29) is 0 Å². The van der Waals surface area contributed by atoms with Crippen molar-refractivity contribution in [3.8, 4) is 11.5 Å². The Labute approximate surface area is 176 Å². The van der Waals surface area contributed by atoms with Crippen LogP contribution in [0, 0.1) is 0 Å². The summed E-state index contributed by atoms with van der Waals surface area (Å²) >= 11 is 0. The largest absolute Gasteiger partial charge is 0.507 e. The number of piperazine rings is 1. The van der Waals surface area contributed by atoms with E-state index < -0.39 is 0 Å². The van der Waals surface area contributed by atoms with E-state index in [1.165, 1.54) is 0 Å². The van der Waals surface area contributed by atoms with Crippen LogP contribution in [-0.2, 0) is 13.1 Å². The summed E-state index contributed by atoms with van der Waals surface area (Å²) in [6, 6.07) is 24.2. The first-order valence-electron chi connectivity index (χ1n) is 10.5. The number of phenols is 2. The highest BCUT2D eigenvalue weighted by Gasteiger charge is 2.20. The molecule has 1 heterocycles. The summed E-state index contributed by atoms with van der Waals surface area (Å²) in [5.74, 6) is 0.799. The second-order valence-electron chi connectivity index (χ2n) is 8.14. The number of hydrogen-bond donors (Lipinski definition) is 2. The summed E-state index contributed by atoms with van der Waals surface area (Å²) in [5, 5.41) is 25.3. The van der Waals surface area contributed by atoms with Gasteiger partial charge in [0.05, 0.1) is 0 Å². The third kappa shape index (κ3) is 3.60.